The van der Waals surface area contributed by atoms with Gasteiger partial charge in [-0.2, -0.15) is 0 Å². The molecule has 0 heterocycles. The van der Waals surface area contributed by atoms with E-state index in [-0.39, 0.29) is 0 Å². The minimum Gasteiger partial charge on any atom is -0.0622 e. The highest BCUT2D eigenvalue weighted by molar-refractivity contribution is 9.11. The molecule has 0 bridgehead atoms. The largest absolute Gasteiger partial charge is 0.0622 e. The highest BCUT2D eigenvalue weighted by atomic mass is 79.9. The maximum atomic E-state index is 3.61. The zero-order valence-electron chi connectivity index (χ0n) is 57.0. The normalized spacial score (nSPS) is 10.4. The molecule has 0 fully saturated rings. The molecule has 510 valence electrons. The lowest BCUT2D eigenvalue weighted by molar-refractivity contribution is 1.56. The first-order chi connectivity index (χ1) is 51.4. The third-order valence-corrected chi connectivity index (χ3v) is 20.9. The van der Waals surface area contributed by atoms with Gasteiger partial charge in [-0.25, -0.2) is 0 Å². The Labute approximate surface area is 675 Å². The van der Waals surface area contributed by atoms with Crippen molar-refractivity contribution in [1.82, 2.24) is 0 Å². The van der Waals surface area contributed by atoms with E-state index in [9.17, 15) is 0 Å². The van der Waals surface area contributed by atoms with E-state index in [4.69, 9.17) is 0 Å². The van der Waals surface area contributed by atoms with Crippen molar-refractivity contribution in [2.24, 2.45) is 0 Å². The van der Waals surface area contributed by atoms with E-state index >= 15 is 0 Å². The van der Waals surface area contributed by atoms with E-state index in [0.717, 1.165) is 31.3 Å². The van der Waals surface area contributed by atoms with Crippen LogP contribution in [0.15, 0.2) is 450 Å². The van der Waals surface area contributed by atoms with Gasteiger partial charge in [0.25, 0.3) is 0 Å². The molecule has 0 atom stereocenters. The Morgan fingerprint density at radius 2 is 0.381 bits per heavy atom. The molecular formula is C98H69Br7. The second kappa shape index (κ2) is 38.6. The zero-order valence-corrected chi connectivity index (χ0v) is 68.1. The molecule has 0 nitrogen and oxygen atoms in total. The molecule has 0 amide bonds. The Bertz CT molecular complexity index is 5700. The molecule has 0 aliphatic carbocycles. The molecular weight excluding hydrogens is 1740 g/mol. The summed E-state index contributed by atoms with van der Waals surface area (Å²) in [5, 5.41) is 13.0. The van der Waals surface area contributed by atoms with Crippen LogP contribution in [0.3, 0.4) is 0 Å². The van der Waals surface area contributed by atoms with Gasteiger partial charge in [-0.3, -0.25) is 0 Å². The fourth-order valence-corrected chi connectivity index (χ4v) is 14.5. The minimum absolute atomic E-state index is 1.10. The van der Waals surface area contributed by atoms with Gasteiger partial charge in [-0.15, -0.1) is 0 Å². The summed E-state index contributed by atoms with van der Waals surface area (Å²) in [7, 11) is 0. The van der Waals surface area contributed by atoms with Gasteiger partial charge in [0, 0.05) is 31.3 Å². The van der Waals surface area contributed by atoms with Crippen LogP contribution in [0.4, 0.5) is 0 Å². The van der Waals surface area contributed by atoms with Crippen LogP contribution in [-0.4, -0.2) is 0 Å². The topological polar surface area (TPSA) is 0 Å². The standard InChI is InChI=1S/C20H13Br.C18H13Br.C16H11Br.C14H9Br.2C12H9Br.C6H5Br/c21-18-10-7-14(8-11-18)16-9-12-20-17(13-16)6-5-15-3-1-2-4-19(15)20;19-18-12-16(14-7-3-1-4-8-14)11-17(13-18)15-9-5-2-6-10-15;17-14-10-8-13(9-11-14)16-7-3-5-12-4-1-2-6-15(12)16;15-12-7-8-14-11(9-12)6-5-10-3-1-2-4-13(10)14;13-12-8-4-7-11(9-12)10-5-2-1-3-6-10;13-12-8-6-11(7-9-12)10-4-2-1-3-5-10;7-6-4-2-1-3-5-6/h1-13H;1-13H;1-11H;1-9H;2*1-9H;1-5H. The van der Waals surface area contributed by atoms with E-state index in [1.54, 1.807) is 0 Å². The van der Waals surface area contributed by atoms with E-state index in [1.807, 2.05) is 66.7 Å². The van der Waals surface area contributed by atoms with Crippen molar-refractivity contribution in [3.8, 4) is 66.8 Å². The molecule has 0 N–H and O–H groups in total. The van der Waals surface area contributed by atoms with Crippen molar-refractivity contribution < 1.29 is 0 Å². The average Bonchev–Trinajstić information content (AvgIpc) is 0.795. The molecule has 0 aliphatic rings. The van der Waals surface area contributed by atoms with Gasteiger partial charge in [0.05, 0.1) is 0 Å². The Kier molecular flexibility index (Phi) is 27.7. The number of halogens is 7. The maximum absolute atomic E-state index is 3.61. The van der Waals surface area contributed by atoms with Gasteiger partial charge < -0.3 is 0 Å². The summed E-state index contributed by atoms with van der Waals surface area (Å²) in [5.41, 5.74) is 15.0. The van der Waals surface area contributed by atoms with E-state index in [0.29, 0.717) is 0 Å². The smallest absolute Gasteiger partial charge is 0.0187 e. The van der Waals surface area contributed by atoms with Crippen LogP contribution in [0.1, 0.15) is 0 Å². The minimum atomic E-state index is 1.10. The lowest BCUT2D eigenvalue weighted by Crippen LogP contribution is -1.82. The van der Waals surface area contributed by atoms with Gasteiger partial charge in [-0.1, -0.05) is 433 Å². The Morgan fingerprint density at radius 1 is 0.114 bits per heavy atom. The van der Waals surface area contributed by atoms with Crippen molar-refractivity contribution in [2.75, 3.05) is 0 Å². The first-order valence-electron chi connectivity index (χ1n) is 34.2. The van der Waals surface area contributed by atoms with Gasteiger partial charge in [0.1, 0.15) is 0 Å². The highest BCUT2D eigenvalue weighted by Crippen LogP contribution is 2.35. The fourth-order valence-electron chi connectivity index (χ4n) is 12.1. The monoisotopic (exact) mass is 1800 g/mol. The number of hydrogen-bond acceptors (Lipinski definition) is 0. The molecule has 0 saturated carbocycles. The molecule has 105 heavy (non-hydrogen) atoms. The zero-order chi connectivity index (χ0) is 72.5. The van der Waals surface area contributed by atoms with Crippen LogP contribution in [-0.2, 0) is 0 Å². The summed E-state index contributed by atoms with van der Waals surface area (Å²) in [4.78, 5) is 0. The maximum Gasteiger partial charge on any atom is 0.0187 e. The summed E-state index contributed by atoms with van der Waals surface area (Å²) < 4.78 is 7.83. The van der Waals surface area contributed by atoms with Gasteiger partial charge in [0.2, 0.25) is 0 Å². The molecule has 0 aromatic heterocycles. The SMILES string of the molecule is Brc1cc(-c2ccccc2)cc(-c2ccccc2)c1.Brc1ccc(-c2ccc3c(ccc4ccccc43)c2)cc1.Brc1ccc(-c2cccc3ccccc23)cc1.Brc1ccc(-c2ccccc2)cc1.Brc1ccc2c(ccc3ccccc32)c1.Brc1cccc(-c2ccccc2)c1.Brc1ccccc1. The molecule has 18 aromatic carbocycles. The Morgan fingerprint density at radius 3 is 0.848 bits per heavy atom. The van der Waals surface area contributed by atoms with E-state index in [1.165, 1.54) is 121 Å². The highest BCUT2D eigenvalue weighted by Gasteiger charge is 2.08. The van der Waals surface area contributed by atoms with Crippen LogP contribution in [0.5, 0.6) is 0 Å². The molecule has 18 rings (SSSR count). The summed E-state index contributed by atoms with van der Waals surface area (Å²) in [6, 6.07) is 146. The first-order valence-corrected chi connectivity index (χ1v) is 39.7. The average molecular weight is 1810 g/mol. The number of hydrogen-bond donors (Lipinski definition) is 0. The van der Waals surface area contributed by atoms with Crippen molar-refractivity contribution >= 4 is 165 Å². The summed E-state index contributed by atoms with van der Waals surface area (Å²) >= 11 is 24.2. The molecule has 0 saturated heterocycles. The number of rotatable bonds is 6. The van der Waals surface area contributed by atoms with Crippen molar-refractivity contribution in [1.29, 1.82) is 0 Å². The van der Waals surface area contributed by atoms with E-state index < -0.39 is 0 Å². The quantitative estimate of drug-likeness (QED) is 0.146. The van der Waals surface area contributed by atoms with Crippen LogP contribution in [0, 0.1) is 0 Å². The third-order valence-electron chi connectivity index (χ3n) is 17.3. The Balaban J connectivity index is 0.000000117. The molecule has 0 unspecified atom stereocenters. The summed E-state index contributed by atoms with van der Waals surface area (Å²) in [6.45, 7) is 0. The van der Waals surface area contributed by atoms with Gasteiger partial charge in [-0.05, 0) is 218 Å². The van der Waals surface area contributed by atoms with Crippen LogP contribution >= 0.6 is 112 Å². The number of fused-ring (bicyclic) bond motifs is 7. The molecule has 0 spiro atoms. The second-order valence-electron chi connectivity index (χ2n) is 24.4. The predicted octanol–water partition coefficient (Wildman–Crippen LogP) is 32.9. The van der Waals surface area contributed by atoms with Gasteiger partial charge in [0.15, 0.2) is 0 Å². The first kappa shape index (κ1) is 75.3. The van der Waals surface area contributed by atoms with Crippen LogP contribution in [0.25, 0.3) is 121 Å². The van der Waals surface area contributed by atoms with Crippen LogP contribution < -0.4 is 0 Å². The van der Waals surface area contributed by atoms with Crippen molar-refractivity contribution in [2.45, 2.75) is 0 Å². The van der Waals surface area contributed by atoms with Gasteiger partial charge >= 0.3 is 0 Å². The molecule has 18 aromatic rings. The second-order valence-corrected chi connectivity index (χ2v) is 30.8. The third kappa shape index (κ3) is 21.7. The van der Waals surface area contributed by atoms with Crippen LogP contribution in [0.2, 0.25) is 0 Å². The number of benzene rings is 18. The molecule has 0 aliphatic heterocycles. The predicted molar refractivity (Wildman–Crippen MR) is 479 cm³/mol. The lowest BCUT2D eigenvalue weighted by atomic mass is 9.97. The van der Waals surface area contributed by atoms with Crippen molar-refractivity contribution in [3.05, 3.63) is 450 Å². The molecule has 0 radical (unpaired) electrons. The lowest BCUT2D eigenvalue weighted by Gasteiger charge is -2.07. The summed E-state index contributed by atoms with van der Waals surface area (Å²) in [6.07, 6.45) is 0. The van der Waals surface area contributed by atoms with Crippen molar-refractivity contribution in [3.63, 3.8) is 0 Å². The van der Waals surface area contributed by atoms with E-state index in [2.05, 4.69) is 463 Å². The molecule has 7 heteroatoms. The Hall–Kier alpha value is -9.38. The fraction of sp³-hybridized carbons (Fsp3) is 0. The summed E-state index contributed by atoms with van der Waals surface area (Å²) in [5.74, 6) is 0.